The number of rotatable bonds is 15. The summed E-state index contributed by atoms with van der Waals surface area (Å²) in [6.07, 6.45) is 10.8. The van der Waals surface area contributed by atoms with E-state index in [1.807, 2.05) is 0 Å². The number of carbonyl (C=O) groups excluding carboxylic acids is 2. The van der Waals surface area contributed by atoms with Gasteiger partial charge >= 0.3 is 51.6 Å². The fourth-order valence-corrected chi connectivity index (χ4v) is 3.42. The summed E-state index contributed by atoms with van der Waals surface area (Å²) in [4.78, 5) is 23.4. The molecule has 0 radical (unpaired) electrons. The van der Waals surface area contributed by atoms with E-state index < -0.39 is 27.3 Å². The third-order valence-electron chi connectivity index (χ3n) is 4.29. The Hall–Kier alpha value is -0.370. The normalized spacial score (nSPS) is 13.6. The molecule has 0 aromatic heterocycles. The van der Waals surface area contributed by atoms with Crippen molar-refractivity contribution in [2.45, 2.75) is 103 Å². The summed E-state index contributed by atoms with van der Waals surface area (Å²) in [5.41, 5.74) is 0. The van der Waals surface area contributed by atoms with Gasteiger partial charge in [-0.25, -0.2) is 9.59 Å². The average Bonchev–Trinajstić information content (AvgIpc) is 2.60. The smallest absolute Gasteiger partial charge is 1.00 e. The standard InChI is InChI=1S/C20H36O6S.Na.H/c1-5-7-9-11-13-17(3)25-19(21)15-16-20(22)26-27(23,24)18(4)14-12-10-8-6-2;;/h15-18H,5-14H2,1-4H3;;/q;+1;-1/b16-15-;;. The van der Waals surface area contributed by atoms with E-state index in [4.69, 9.17) is 4.74 Å². The van der Waals surface area contributed by atoms with Crippen LogP contribution < -0.4 is 29.6 Å². The Morgan fingerprint density at radius 2 is 1.36 bits per heavy atom. The second-order valence-electron chi connectivity index (χ2n) is 6.99. The summed E-state index contributed by atoms with van der Waals surface area (Å²) in [7, 11) is -3.99. The number of esters is 1. The second kappa shape index (κ2) is 17.5. The molecule has 0 amide bonds. The van der Waals surface area contributed by atoms with Crippen LogP contribution in [0.25, 0.3) is 0 Å². The molecule has 8 heteroatoms. The Morgan fingerprint density at radius 1 is 0.857 bits per heavy atom. The molecule has 0 aromatic rings. The molecule has 0 saturated carbocycles. The molecule has 28 heavy (non-hydrogen) atoms. The Morgan fingerprint density at radius 3 is 1.89 bits per heavy atom. The van der Waals surface area contributed by atoms with Crippen molar-refractivity contribution in [3.05, 3.63) is 12.2 Å². The van der Waals surface area contributed by atoms with E-state index in [9.17, 15) is 18.0 Å². The van der Waals surface area contributed by atoms with E-state index in [0.29, 0.717) is 6.42 Å². The van der Waals surface area contributed by atoms with Crippen molar-refractivity contribution in [3.8, 4) is 0 Å². The molecule has 2 atom stereocenters. The first-order chi connectivity index (χ1) is 12.7. The molecule has 0 aliphatic rings. The summed E-state index contributed by atoms with van der Waals surface area (Å²) >= 11 is 0. The van der Waals surface area contributed by atoms with Gasteiger partial charge in [0.25, 0.3) is 0 Å². The summed E-state index contributed by atoms with van der Waals surface area (Å²) < 4.78 is 33.7. The molecule has 0 spiro atoms. The monoisotopic (exact) mass is 428 g/mol. The maximum atomic E-state index is 12.0. The second-order valence-corrected chi connectivity index (χ2v) is 8.94. The zero-order valence-corrected chi connectivity index (χ0v) is 21.1. The van der Waals surface area contributed by atoms with Crippen molar-refractivity contribution >= 4 is 22.1 Å². The zero-order chi connectivity index (χ0) is 20.7. The van der Waals surface area contributed by atoms with Gasteiger partial charge in [-0.15, -0.1) is 0 Å². The van der Waals surface area contributed by atoms with Crippen molar-refractivity contribution in [2.24, 2.45) is 0 Å². The quantitative estimate of drug-likeness (QED) is 0.130. The molecular formula is C20H37NaO6S. The number of unbranched alkanes of at least 4 members (excludes halogenated alkanes) is 6. The Balaban J connectivity index is -0.00000338. The van der Waals surface area contributed by atoms with Crippen LogP contribution in [0.3, 0.4) is 0 Å². The maximum Gasteiger partial charge on any atom is 1.00 e. The van der Waals surface area contributed by atoms with E-state index >= 15 is 0 Å². The molecule has 0 N–H and O–H groups in total. The average molecular weight is 429 g/mol. The van der Waals surface area contributed by atoms with Crippen LogP contribution in [-0.4, -0.2) is 31.7 Å². The molecule has 0 saturated heterocycles. The van der Waals surface area contributed by atoms with Crippen LogP contribution in [0.2, 0.25) is 0 Å². The third kappa shape index (κ3) is 15.5. The van der Waals surface area contributed by atoms with Gasteiger partial charge in [-0.05, 0) is 33.1 Å². The van der Waals surface area contributed by atoms with Gasteiger partial charge in [-0.2, -0.15) is 8.42 Å². The van der Waals surface area contributed by atoms with E-state index in [-0.39, 0.29) is 37.1 Å². The summed E-state index contributed by atoms with van der Waals surface area (Å²) in [5.74, 6) is -1.76. The summed E-state index contributed by atoms with van der Waals surface area (Å²) in [6.45, 7) is 7.51. The first-order valence-corrected chi connectivity index (χ1v) is 11.6. The minimum Gasteiger partial charge on any atom is -1.00 e. The fraction of sp³-hybridized carbons (Fsp3) is 0.800. The van der Waals surface area contributed by atoms with Gasteiger partial charge in [0, 0.05) is 12.2 Å². The SMILES string of the molecule is CCCCCCC(C)OC(=O)/C=C\C(=O)OS(=O)(=O)C(C)CCCCCC.[H-].[Na+]. The molecule has 2 unspecified atom stereocenters. The van der Waals surface area contributed by atoms with Crippen molar-refractivity contribution in [1.29, 1.82) is 0 Å². The van der Waals surface area contributed by atoms with Crippen LogP contribution in [0.15, 0.2) is 12.2 Å². The molecule has 0 heterocycles. The molecule has 0 aromatic carbocycles. The largest absolute Gasteiger partial charge is 1.00 e. The van der Waals surface area contributed by atoms with Crippen LogP contribution in [0.4, 0.5) is 0 Å². The van der Waals surface area contributed by atoms with Gasteiger partial charge in [0.1, 0.15) is 0 Å². The minimum atomic E-state index is -3.99. The Bertz CT molecular complexity index is 565. The Kier molecular flexibility index (Phi) is 18.6. The van der Waals surface area contributed by atoms with Crippen LogP contribution in [0.1, 0.15) is 93.3 Å². The van der Waals surface area contributed by atoms with Crippen LogP contribution in [-0.2, 0) is 28.6 Å². The fourth-order valence-electron chi connectivity index (χ4n) is 2.52. The molecule has 160 valence electrons. The Labute approximate surface area is 194 Å². The van der Waals surface area contributed by atoms with E-state index in [1.54, 1.807) is 6.92 Å². The molecule has 0 bridgehead atoms. The molecule has 6 nitrogen and oxygen atoms in total. The van der Waals surface area contributed by atoms with Crippen molar-refractivity contribution < 1.29 is 57.9 Å². The van der Waals surface area contributed by atoms with Crippen LogP contribution in [0, 0.1) is 0 Å². The molecule has 0 fully saturated rings. The maximum absolute atomic E-state index is 12.0. The van der Waals surface area contributed by atoms with E-state index in [0.717, 1.165) is 69.9 Å². The predicted molar refractivity (Wildman–Crippen MR) is 108 cm³/mol. The topological polar surface area (TPSA) is 86.7 Å². The number of ether oxygens (including phenoxy) is 1. The number of carbonyl (C=O) groups is 2. The number of hydrogen-bond donors (Lipinski definition) is 0. The zero-order valence-electron chi connectivity index (χ0n) is 19.2. The van der Waals surface area contributed by atoms with Crippen LogP contribution >= 0.6 is 0 Å². The molecule has 0 rings (SSSR count). The first kappa shape index (κ1) is 29.8. The third-order valence-corrected chi connectivity index (χ3v) is 5.91. The summed E-state index contributed by atoms with van der Waals surface area (Å²) in [5, 5.41) is -0.762. The van der Waals surface area contributed by atoms with Gasteiger partial charge in [0.2, 0.25) is 0 Å². The van der Waals surface area contributed by atoms with E-state index in [1.165, 1.54) is 6.92 Å². The van der Waals surface area contributed by atoms with E-state index in [2.05, 4.69) is 18.0 Å². The first-order valence-electron chi connectivity index (χ1n) is 10.1. The molecule has 0 aliphatic heterocycles. The van der Waals surface area contributed by atoms with Crippen molar-refractivity contribution in [2.75, 3.05) is 0 Å². The van der Waals surface area contributed by atoms with Gasteiger partial charge in [0.05, 0.1) is 11.4 Å². The van der Waals surface area contributed by atoms with Gasteiger partial charge < -0.3 is 10.3 Å². The van der Waals surface area contributed by atoms with Gasteiger partial charge in [0.15, 0.2) is 0 Å². The molecule has 0 aliphatic carbocycles. The van der Waals surface area contributed by atoms with Crippen molar-refractivity contribution in [3.63, 3.8) is 0 Å². The van der Waals surface area contributed by atoms with Crippen molar-refractivity contribution in [1.82, 2.24) is 0 Å². The minimum absolute atomic E-state index is 0. The number of hydrogen-bond acceptors (Lipinski definition) is 6. The predicted octanol–water partition coefficient (Wildman–Crippen LogP) is 1.79. The summed E-state index contributed by atoms with van der Waals surface area (Å²) in [6, 6.07) is 0. The van der Waals surface area contributed by atoms with Crippen LogP contribution in [0.5, 0.6) is 0 Å². The molecular weight excluding hydrogens is 391 g/mol. The van der Waals surface area contributed by atoms with Gasteiger partial charge in [-0.1, -0.05) is 58.8 Å². The van der Waals surface area contributed by atoms with Gasteiger partial charge in [-0.3, -0.25) is 0 Å².